The Kier molecular flexibility index (Phi) is 5.48. The second-order valence-electron chi connectivity index (χ2n) is 8.79. The van der Waals surface area contributed by atoms with E-state index in [0.29, 0.717) is 35.7 Å². The van der Waals surface area contributed by atoms with Gasteiger partial charge < -0.3 is 0 Å². The van der Waals surface area contributed by atoms with Gasteiger partial charge in [-0.1, -0.05) is 37.0 Å². The van der Waals surface area contributed by atoms with Crippen molar-refractivity contribution in [2.24, 2.45) is 5.92 Å². The van der Waals surface area contributed by atoms with E-state index in [-0.39, 0.29) is 5.56 Å². The third kappa shape index (κ3) is 3.85. The highest BCUT2D eigenvalue weighted by molar-refractivity contribution is 7.89. The topological polar surface area (TPSA) is 72.3 Å². The number of sulfonamides is 1. The predicted molar refractivity (Wildman–Crippen MR) is 123 cm³/mol. The largest absolute Gasteiger partial charge is 0.298 e. The van der Waals surface area contributed by atoms with Crippen molar-refractivity contribution >= 4 is 31.6 Å². The van der Waals surface area contributed by atoms with Gasteiger partial charge in [-0.3, -0.25) is 9.36 Å². The van der Waals surface area contributed by atoms with Gasteiger partial charge in [-0.25, -0.2) is 13.4 Å². The molecule has 0 N–H and O–H groups in total. The van der Waals surface area contributed by atoms with Crippen LogP contribution in [-0.4, -0.2) is 28.8 Å². The van der Waals surface area contributed by atoms with Crippen LogP contribution in [0.3, 0.4) is 0 Å². The SMILES string of the molecule is Cc1ccc(S(=O)(=O)N2CCc3c(sc4ncn(CC5CCCCC5)c(=O)c34)C2)cc1. The van der Waals surface area contributed by atoms with Crippen molar-refractivity contribution in [3.05, 3.63) is 57.0 Å². The van der Waals surface area contributed by atoms with Crippen LogP contribution in [-0.2, 0) is 29.5 Å². The summed E-state index contributed by atoms with van der Waals surface area (Å²) in [6.45, 7) is 3.36. The highest BCUT2D eigenvalue weighted by Gasteiger charge is 2.31. The van der Waals surface area contributed by atoms with E-state index < -0.39 is 10.0 Å². The molecule has 5 rings (SSSR count). The first-order chi connectivity index (χ1) is 14.9. The number of fused-ring (bicyclic) bond motifs is 3. The molecule has 6 nitrogen and oxygen atoms in total. The normalized spacial score (nSPS) is 18.4. The van der Waals surface area contributed by atoms with Gasteiger partial charge in [0.15, 0.2) is 0 Å². The molecule has 0 amide bonds. The van der Waals surface area contributed by atoms with Gasteiger partial charge in [-0.2, -0.15) is 4.31 Å². The summed E-state index contributed by atoms with van der Waals surface area (Å²) in [4.78, 5) is 19.8. The smallest absolute Gasteiger partial charge is 0.262 e. The zero-order valence-corrected chi connectivity index (χ0v) is 19.3. The summed E-state index contributed by atoms with van der Waals surface area (Å²) in [6, 6.07) is 6.97. The summed E-state index contributed by atoms with van der Waals surface area (Å²) >= 11 is 1.46. The first-order valence-electron chi connectivity index (χ1n) is 11.0. The Balaban J connectivity index is 1.45. The standard InChI is InChI=1S/C23H27N3O3S2/c1-16-7-9-18(10-8-16)31(28,29)26-12-11-19-20(14-26)30-22-21(19)23(27)25(15-24-22)13-17-5-3-2-4-6-17/h7-10,15,17H,2-6,11-14H2,1H3. The Bertz CT molecular complexity index is 1270. The lowest BCUT2D eigenvalue weighted by Crippen LogP contribution is -2.35. The summed E-state index contributed by atoms with van der Waals surface area (Å²) < 4.78 is 29.5. The maximum atomic E-state index is 13.3. The molecule has 1 fully saturated rings. The van der Waals surface area contributed by atoms with Crippen LogP contribution in [0.5, 0.6) is 0 Å². The maximum absolute atomic E-state index is 13.3. The number of rotatable bonds is 4. The van der Waals surface area contributed by atoms with Crippen molar-refractivity contribution in [3.63, 3.8) is 0 Å². The van der Waals surface area contributed by atoms with E-state index in [4.69, 9.17) is 0 Å². The number of aromatic nitrogens is 2. The van der Waals surface area contributed by atoms with E-state index in [1.165, 1.54) is 47.7 Å². The molecule has 3 aromatic rings. The average molecular weight is 458 g/mol. The summed E-state index contributed by atoms with van der Waals surface area (Å²) in [5, 5.41) is 0.700. The Hall–Kier alpha value is -2.03. The highest BCUT2D eigenvalue weighted by atomic mass is 32.2. The minimum absolute atomic E-state index is 0.0305. The molecule has 31 heavy (non-hydrogen) atoms. The quantitative estimate of drug-likeness (QED) is 0.591. The molecule has 3 heterocycles. The van der Waals surface area contributed by atoms with E-state index >= 15 is 0 Å². The van der Waals surface area contributed by atoms with Crippen LogP contribution in [0.25, 0.3) is 10.2 Å². The van der Waals surface area contributed by atoms with Gasteiger partial charge in [0.05, 0.1) is 16.6 Å². The van der Waals surface area contributed by atoms with Crippen LogP contribution in [0.15, 0.2) is 40.3 Å². The first kappa shape index (κ1) is 20.8. The van der Waals surface area contributed by atoms with Gasteiger partial charge in [0.25, 0.3) is 5.56 Å². The first-order valence-corrected chi connectivity index (χ1v) is 13.3. The Labute approximate surface area is 186 Å². The number of hydrogen-bond acceptors (Lipinski definition) is 5. The molecule has 0 radical (unpaired) electrons. The molecule has 1 aromatic carbocycles. The zero-order valence-electron chi connectivity index (χ0n) is 17.7. The van der Waals surface area contributed by atoms with Gasteiger partial charge in [0.2, 0.25) is 10.0 Å². The molecule has 0 atom stereocenters. The van der Waals surface area contributed by atoms with E-state index in [1.54, 1.807) is 23.0 Å². The number of thiophene rings is 1. The average Bonchev–Trinajstić information content (AvgIpc) is 3.15. The molecule has 8 heteroatoms. The van der Waals surface area contributed by atoms with Crippen LogP contribution in [0.4, 0.5) is 0 Å². The third-order valence-electron chi connectivity index (χ3n) is 6.63. The van der Waals surface area contributed by atoms with Crippen LogP contribution in [0, 0.1) is 12.8 Å². The lowest BCUT2D eigenvalue weighted by molar-refractivity contribution is 0.315. The highest BCUT2D eigenvalue weighted by Crippen LogP contribution is 2.34. The molecule has 1 saturated carbocycles. The molecule has 2 aliphatic rings. The van der Waals surface area contributed by atoms with Gasteiger partial charge >= 0.3 is 0 Å². The number of aryl methyl sites for hydroxylation is 1. The van der Waals surface area contributed by atoms with Gasteiger partial charge in [-0.05, 0) is 49.8 Å². The van der Waals surface area contributed by atoms with E-state index in [2.05, 4.69) is 4.98 Å². The Morgan fingerprint density at radius 1 is 1.13 bits per heavy atom. The lowest BCUT2D eigenvalue weighted by atomic mass is 9.89. The van der Waals surface area contributed by atoms with Crippen LogP contribution >= 0.6 is 11.3 Å². The number of nitrogens with zero attached hydrogens (tertiary/aromatic N) is 3. The Morgan fingerprint density at radius 2 is 1.87 bits per heavy atom. The molecule has 0 unspecified atom stereocenters. The van der Waals surface area contributed by atoms with Crippen molar-refractivity contribution in [2.75, 3.05) is 6.54 Å². The van der Waals surface area contributed by atoms with Crippen molar-refractivity contribution < 1.29 is 8.42 Å². The fourth-order valence-electron chi connectivity index (χ4n) is 4.84. The molecule has 0 spiro atoms. The van der Waals surface area contributed by atoms with Gasteiger partial charge in [0.1, 0.15) is 4.83 Å². The molecule has 0 bridgehead atoms. The number of hydrogen-bond donors (Lipinski definition) is 0. The van der Waals surface area contributed by atoms with E-state index in [0.717, 1.165) is 27.4 Å². The summed E-state index contributed by atoms with van der Waals surface area (Å²) in [5.74, 6) is 0.551. The van der Waals surface area contributed by atoms with Crippen molar-refractivity contribution in [3.8, 4) is 0 Å². The van der Waals surface area contributed by atoms with E-state index in [1.807, 2.05) is 19.1 Å². The monoisotopic (exact) mass is 457 g/mol. The minimum atomic E-state index is -3.56. The van der Waals surface area contributed by atoms with Crippen LogP contribution in [0.2, 0.25) is 0 Å². The fourth-order valence-corrected chi connectivity index (χ4v) is 7.52. The van der Waals surface area contributed by atoms with Crippen LogP contribution < -0.4 is 5.56 Å². The fraction of sp³-hybridized carbons (Fsp3) is 0.478. The molecular formula is C23H27N3O3S2. The zero-order chi connectivity index (χ0) is 21.6. The molecular weight excluding hydrogens is 430 g/mol. The predicted octanol–water partition coefficient (Wildman–Crippen LogP) is 4.09. The van der Waals surface area contributed by atoms with E-state index in [9.17, 15) is 13.2 Å². The summed E-state index contributed by atoms with van der Waals surface area (Å²) in [6.07, 6.45) is 8.37. The minimum Gasteiger partial charge on any atom is -0.298 e. The molecule has 2 aromatic heterocycles. The molecule has 1 aliphatic carbocycles. The lowest BCUT2D eigenvalue weighted by Gasteiger charge is -2.26. The number of benzene rings is 1. The Morgan fingerprint density at radius 3 is 2.61 bits per heavy atom. The van der Waals surface area contributed by atoms with Crippen LogP contribution in [0.1, 0.15) is 48.1 Å². The van der Waals surface area contributed by atoms with Crippen molar-refractivity contribution in [1.29, 1.82) is 0 Å². The van der Waals surface area contributed by atoms with Crippen molar-refractivity contribution in [2.45, 2.75) is 63.4 Å². The molecule has 1 aliphatic heterocycles. The maximum Gasteiger partial charge on any atom is 0.262 e. The summed E-state index contributed by atoms with van der Waals surface area (Å²) in [7, 11) is -3.56. The third-order valence-corrected chi connectivity index (χ3v) is 9.61. The van der Waals surface area contributed by atoms with Crippen molar-refractivity contribution in [1.82, 2.24) is 13.9 Å². The van der Waals surface area contributed by atoms with Gasteiger partial charge in [0, 0.05) is 24.5 Å². The second-order valence-corrected chi connectivity index (χ2v) is 11.8. The molecule has 164 valence electrons. The molecule has 0 saturated heterocycles. The second kappa shape index (κ2) is 8.15. The van der Waals surface area contributed by atoms with Gasteiger partial charge in [-0.15, -0.1) is 11.3 Å². The summed E-state index contributed by atoms with van der Waals surface area (Å²) in [5.41, 5.74) is 2.05.